The lowest BCUT2D eigenvalue weighted by Gasteiger charge is -2.28. The Hall–Kier alpha value is -1.24. The van der Waals surface area contributed by atoms with Gasteiger partial charge >= 0.3 is 0 Å². The third kappa shape index (κ3) is 5.88. The van der Waals surface area contributed by atoms with E-state index in [0.717, 1.165) is 51.0 Å². The summed E-state index contributed by atoms with van der Waals surface area (Å²) < 4.78 is 6.07. The first-order chi connectivity index (χ1) is 12.3. The van der Waals surface area contributed by atoms with E-state index >= 15 is 0 Å². The fourth-order valence-electron chi connectivity index (χ4n) is 3.48. The summed E-state index contributed by atoms with van der Waals surface area (Å²) >= 11 is 0. The molecule has 2 aliphatic heterocycles. The second kappa shape index (κ2) is 11.7. The van der Waals surface area contributed by atoms with Crippen LogP contribution in [0.5, 0.6) is 5.88 Å². The molecule has 0 spiro atoms. The summed E-state index contributed by atoms with van der Waals surface area (Å²) in [6, 6.07) is 15.3. The maximum Gasteiger partial charge on any atom is 0.219 e. The van der Waals surface area contributed by atoms with E-state index in [4.69, 9.17) is 9.72 Å². The predicted molar refractivity (Wildman–Crippen MR) is 122 cm³/mol. The van der Waals surface area contributed by atoms with Crippen molar-refractivity contribution in [3.05, 3.63) is 53.6 Å². The Labute approximate surface area is 186 Å². The summed E-state index contributed by atoms with van der Waals surface area (Å²) in [7, 11) is 0. The number of pyridine rings is 1. The lowest BCUT2D eigenvalue weighted by Crippen LogP contribution is -2.43. The second-order valence-electron chi connectivity index (χ2n) is 6.92. The Kier molecular flexibility index (Phi) is 10.4. The molecule has 0 aliphatic carbocycles. The van der Waals surface area contributed by atoms with E-state index in [-0.39, 0.29) is 37.2 Å². The molecule has 0 radical (unpaired) electrons. The molecule has 5 nitrogen and oxygen atoms in total. The normalized spacial score (nSPS) is 19.0. The fraction of sp³-hybridized carbons (Fsp3) is 0.450. The first kappa shape index (κ1) is 24.8. The van der Waals surface area contributed by atoms with Gasteiger partial charge in [-0.25, -0.2) is 0 Å². The van der Waals surface area contributed by atoms with Crippen molar-refractivity contribution in [3.8, 4) is 5.88 Å². The van der Waals surface area contributed by atoms with E-state index in [0.29, 0.717) is 12.6 Å². The van der Waals surface area contributed by atoms with Gasteiger partial charge in [0.2, 0.25) is 5.88 Å². The number of nitrogens with zero attached hydrogens (tertiary/aromatic N) is 3. The summed E-state index contributed by atoms with van der Waals surface area (Å²) in [4.78, 5) is 9.62. The Morgan fingerprint density at radius 1 is 1.04 bits per heavy atom. The predicted octanol–water partition coefficient (Wildman–Crippen LogP) is 3.54. The number of aromatic nitrogens is 1. The molecule has 1 N–H and O–H groups in total. The molecule has 1 aromatic heterocycles. The van der Waals surface area contributed by atoms with Crippen molar-refractivity contribution in [2.45, 2.75) is 26.1 Å². The average molecular weight is 448 g/mol. The fourth-order valence-corrected chi connectivity index (χ4v) is 3.48. The first-order valence-electron chi connectivity index (χ1n) is 9.16. The Balaban J connectivity index is 0.00000131. The minimum absolute atomic E-state index is 0. The molecule has 156 valence electrons. The molecule has 1 unspecified atom stereocenters. The van der Waals surface area contributed by atoms with Crippen LogP contribution >= 0.6 is 37.2 Å². The van der Waals surface area contributed by atoms with Gasteiger partial charge in [-0.3, -0.25) is 4.90 Å². The number of rotatable bonds is 3. The maximum absolute atomic E-state index is 6.07. The molecule has 0 amide bonds. The van der Waals surface area contributed by atoms with E-state index in [1.165, 1.54) is 11.1 Å². The number of benzene rings is 1. The van der Waals surface area contributed by atoms with Gasteiger partial charge < -0.3 is 15.0 Å². The third-order valence-electron chi connectivity index (χ3n) is 5.05. The molecule has 1 aromatic carbocycles. The van der Waals surface area contributed by atoms with Gasteiger partial charge in [-0.1, -0.05) is 30.3 Å². The Morgan fingerprint density at radius 2 is 1.75 bits per heavy atom. The minimum atomic E-state index is 0. The number of hydrogen-bond acceptors (Lipinski definition) is 5. The quantitative estimate of drug-likeness (QED) is 0.779. The van der Waals surface area contributed by atoms with Crippen molar-refractivity contribution in [2.24, 2.45) is 0 Å². The molecule has 2 aromatic rings. The summed E-state index contributed by atoms with van der Waals surface area (Å²) in [6.07, 6.45) is 0. The monoisotopic (exact) mass is 446 g/mol. The first-order valence-corrected chi connectivity index (χ1v) is 9.16. The van der Waals surface area contributed by atoms with E-state index in [2.05, 4.69) is 64.5 Å². The largest absolute Gasteiger partial charge is 0.476 e. The van der Waals surface area contributed by atoms with Crippen LogP contribution in [-0.4, -0.2) is 48.7 Å². The highest BCUT2D eigenvalue weighted by Gasteiger charge is 2.23. The number of ether oxygens (including phenoxy) is 1. The Bertz CT molecular complexity index is 714. The van der Waals surface area contributed by atoms with Crippen molar-refractivity contribution in [1.82, 2.24) is 15.2 Å². The van der Waals surface area contributed by atoms with Gasteiger partial charge in [-0.05, 0) is 24.6 Å². The zero-order valence-electron chi connectivity index (χ0n) is 16.0. The van der Waals surface area contributed by atoms with E-state index in [9.17, 15) is 0 Å². The Morgan fingerprint density at radius 3 is 2.46 bits per heavy atom. The maximum atomic E-state index is 6.07. The highest BCUT2D eigenvalue weighted by atomic mass is 35.5. The number of anilines is 1. The zero-order chi connectivity index (χ0) is 17.1. The van der Waals surface area contributed by atoms with Crippen LogP contribution < -0.4 is 15.0 Å². The van der Waals surface area contributed by atoms with Crippen LogP contribution in [0.3, 0.4) is 0 Å². The van der Waals surface area contributed by atoms with Crippen molar-refractivity contribution in [3.63, 3.8) is 0 Å². The average Bonchev–Trinajstić information content (AvgIpc) is 2.82. The molecule has 0 bridgehead atoms. The summed E-state index contributed by atoms with van der Waals surface area (Å²) in [6.45, 7) is 8.75. The second-order valence-corrected chi connectivity index (χ2v) is 6.92. The lowest BCUT2D eigenvalue weighted by molar-refractivity contribution is 0.150. The zero-order valence-corrected chi connectivity index (χ0v) is 18.5. The highest BCUT2D eigenvalue weighted by Crippen LogP contribution is 2.27. The van der Waals surface area contributed by atoms with Crippen molar-refractivity contribution >= 4 is 43.0 Å². The topological polar surface area (TPSA) is 40.6 Å². The molecular formula is C20H29Cl3N4O. The molecule has 28 heavy (non-hydrogen) atoms. The summed E-state index contributed by atoms with van der Waals surface area (Å²) in [5, 5.41) is 3.38. The van der Waals surface area contributed by atoms with E-state index in [1.54, 1.807) is 0 Å². The number of halogens is 3. The van der Waals surface area contributed by atoms with Gasteiger partial charge in [-0.15, -0.1) is 37.2 Å². The van der Waals surface area contributed by atoms with Crippen molar-refractivity contribution in [2.75, 3.05) is 37.7 Å². The molecule has 8 heteroatoms. The summed E-state index contributed by atoms with van der Waals surface area (Å²) in [5.41, 5.74) is 2.52. The molecule has 2 aliphatic rings. The van der Waals surface area contributed by atoms with Crippen LogP contribution in [0.1, 0.15) is 18.1 Å². The highest BCUT2D eigenvalue weighted by molar-refractivity contribution is 5.86. The standard InChI is InChI=1S/C20H26N4O.3ClH/c1-16-15-25-20-18(14-24(16)13-17-5-3-2-4-6-17)7-8-19(22-20)23-11-9-21-10-12-23;;;/h2-8,16,21H,9-15H2,1H3;3*1H. The van der Waals surface area contributed by atoms with Crippen molar-refractivity contribution < 1.29 is 4.74 Å². The third-order valence-corrected chi connectivity index (χ3v) is 5.05. The lowest BCUT2D eigenvalue weighted by atomic mass is 10.1. The molecular weight excluding hydrogens is 419 g/mol. The molecule has 0 saturated carbocycles. The molecule has 1 atom stereocenters. The minimum Gasteiger partial charge on any atom is -0.476 e. The van der Waals surface area contributed by atoms with Gasteiger partial charge in [-0.2, -0.15) is 4.98 Å². The van der Waals surface area contributed by atoms with E-state index in [1.807, 2.05) is 0 Å². The summed E-state index contributed by atoms with van der Waals surface area (Å²) in [5.74, 6) is 1.84. The molecule has 1 saturated heterocycles. The van der Waals surface area contributed by atoms with Crippen LogP contribution in [0.25, 0.3) is 0 Å². The SMILES string of the molecule is CC1COc2nc(N3CCNCC3)ccc2CN1Cc1ccccc1.Cl.Cl.Cl. The van der Waals surface area contributed by atoms with Gasteiger partial charge in [0.05, 0.1) is 0 Å². The molecule has 4 rings (SSSR count). The number of piperazine rings is 1. The van der Waals surface area contributed by atoms with Crippen molar-refractivity contribution in [1.29, 1.82) is 0 Å². The van der Waals surface area contributed by atoms with Gasteiger partial charge in [0.25, 0.3) is 0 Å². The number of fused-ring (bicyclic) bond motifs is 1. The molecule has 1 fully saturated rings. The molecule has 3 heterocycles. The van der Waals surface area contributed by atoms with Crippen LogP contribution in [0.4, 0.5) is 5.82 Å². The van der Waals surface area contributed by atoms with Gasteiger partial charge in [0.1, 0.15) is 12.4 Å². The van der Waals surface area contributed by atoms with Crippen LogP contribution in [0.15, 0.2) is 42.5 Å². The van der Waals surface area contributed by atoms with Crippen LogP contribution in [0, 0.1) is 0 Å². The number of hydrogen-bond donors (Lipinski definition) is 1. The number of nitrogens with one attached hydrogen (secondary N) is 1. The smallest absolute Gasteiger partial charge is 0.219 e. The van der Waals surface area contributed by atoms with Crippen LogP contribution in [-0.2, 0) is 13.1 Å². The van der Waals surface area contributed by atoms with Gasteiger partial charge in [0.15, 0.2) is 0 Å². The van der Waals surface area contributed by atoms with E-state index < -0.39 is 0 Å². The van der Waals surface area contributed by atoms with Gasteiger partial charge in [0, 0.05) is 50.9 Å². The van der Waals surface area contributed by atoms with Crippen LogP contribution in [0.2, 0.25) is 0 Å².